The molecule has 0 bridgehead atoms. The van der Waals surface area contributed by atoms with Crippen LogP contribution in [0.15, 0.2) is 42.5 Å². The number of hydrogen-bond acceptors (Lipinski definition) is 1. The van der Waals surface area contributed by atoms with Crippen LogP contribution in [0.1, 0.15) is 11.1 Å². The summed E-state index contributed by atoms with van der Waals surface area (Å²) in [7, 11) is 0. The van der Waals surface area contributed by atoms with E-state index in [1.807, 2.05) is 0 Å². The Morgan fingerprint density at radius 1 is 0.667 bits per heavy atom. The molecule has 112 valence electrons. The number of rotatable bonds is 1. The van der Waals surface area contributed by atoms with E-state index in [9.17, 15) is 31.4 Å². The van der Waals surface area contributed by atoms with Crippen molar-refractivity contribution in [3.8, 4) is 16.9 Å². The lowest BCUT2D eigenvalue weighted by atomic mass is 10.0. The molecule has 0 aliphatic heterocycles. The molecule has 0 saturated carbocycles. The van der Waals surface area contributed by atoms with Gasteiger partial charge in [-0.25, -0.2) is 0 Å². The second-order valence-electron chi connectivity index (χ2n) is 4.30. The summed E-state index contributed by atoms with van der Waals surface area (Å²) < 4.78 is 74.6. The van der Waals surface area contributed by atoms with Crippen molar-refractivity contribution in [2.75, 3.05) is 0 Å². The lowest BCUT2D eigenvalue weighted by molar-refractivity contribution is -0.138. The van der Waals surface area contributed by atoms with Crippen LogP contribution in [0, 0.1) is 0 Å². The predicted molar refractivity (Wildman–Crippen MR) is 63.5 cm³/mol. The highest BCUT2D eigenvalue weighted by Crippen LogP contribution is 2.37. The third-order valence-electron chi connectivity index (χ3n) is 2.85. The zero-order valence-electron chi connectivity index (χ0n) is 10.3. The highest BCUT2D eigenvalue weighted by molar-refractivity contribution is 5.70. The Bertz CT molecular complexity index is 640. The molecule has 2 aromatic carbocycles. The summed E-state index contributed by atoms with van der Waals surface area (Å²) in [5.74, 6) is -0.649. The van der Waals surface area contributed by atoms with Crippen molar-refractivity contribution < 1.29 is 31.4 Å². The molecule has 0 unspecified atom stereocenters. The molecule has 0 amide bonds. The van der Waals surface area contributed by atoms with Crippen molar-refractivity contribution in [3.63, 3.8) is 0 Å². The summed E-state index contributed by atoms with van der Waals surface area (Å²) in [6.45, 7) is 0. The molecule has 1 N–H and O–H groups in total. The Hall–Kier alpha value is -2.18. The molecule has 0 heterocycles. The van der Waals surface area contributed by atoms with E-state index in [1.165, 1.54) is 0 Å². The number of phenols is 1. The average Bonchev–Trinajstić information content (AvgIpc) is 2.36. The van der Waals surface area contributed by atoms with Gasteiger partial charge in [0, 0.05) is 5.56 Å². The van der Waals surface area contributed by atoms with Gasteiger partial charge in [-0.15, -0.1) is 0 Å². The molecule has 0 saturated heterocycles. The smallest absolute Gasteiger partial charge is 0.416 e. The minimum atomic E-state index is -4.60. The Kier molecular flexibility index (Phi) is 3.61. The van der Waals surface area contributed by atoms with Gasteiger partial charge in [0.2, 0.25) is 0 Å². The predicted octanol–water partition coefficient (Wildman–Crippen LogP) is 5.10. The van der Waals surface area contributed by atoms with Gasteiger partial charge in [0.15, 0.2) is 0 Å². The molecular formula is C14H8F6O. The first-order chi connectivity index (χ1) is 9.59. The maximum atomic E-state index is 12.5. The van der Waals surface area contributed by atoms with Crippen molar-refractivity contribution in [3.05, 3.63) is 53.6 Å². The van der Waals surface area contributed by atoms with E-state index in [0.29, 0.717) is 6.07 Å². The molecule has 7 heteroatoms. The fourth-order valence-corrected chi connectivity index (χ4v) is 1.79. The highest BCUT2D eigenvalue weighted by atomic mass is 19.4. The SMILES string of the molecule is Oc1cc(C(F)(F)F)ccc1-c1ccc(C(F)(F)F)cc1. The number of aromatic hydroxyl groups is 1. The van der Waals surface area contributed by atoms with Gasteiger partial charge < -0.3 is 5.11 Å². The van der Waals surface area contributed by atoms with Crippen molar-refractivity contribution in [1.82, 2.24) is 0 Å². The summed E-state index contributed by atoms with van der Waals surface area (Å²) in [5, 5.41) is 9.62. The second kappa shape index (κ2) is 4.98. The highest BCUT2D eigenvalue weighted by Gasteiger charge is 2.32. The van der Waals surface area contributed by atoms with E-state index < -0.39 is 29.2 Å². The molecule has 0 aromatic heterocycles. The number of phenolic OH excluding ortho intramolecular Hbond substituents is 1. The zero-order valence-corrected chi connectivity index (χ0v) is 10.3. The average molecular weight is 306 g/mol. The molecule has 21 heavy (non-hydrogen) atoms. The second-order valence-corrected chi connectivity index (χ2v) is 4.30. The molecule has 0 atom stereocenters. The van der Waals surface area contributed by atoms with Gasteiger partial charge in [0.1, 0.15) is 5.75 Å². The number of halogens is 6. The van der Waals surface area contributed by atoms with Crippen LogP contribution in [-0.4, -0.2) is 5.11 Å². The van der Waals surface area contributed by atoms with Crippen LogP contribution in [0.25, 0.3) is 11.1 Å². The summed E-state index contributed by atoms with van der Waals surface area (Å²) in [5.41, 5.74) is -1.70. The van der Waals surface area contributed by atoms with E-state index in [2.05, 4.69) is 0 Å². The number of hydrogen-bond donors (Lipinski definition) is 1. The molecule has 0 spiro atoms. The number of alkyl halides is 6. The van der Waals surface area contributed by atoms with Gasteiger partial charge in [-0.05, 0) is 29.8 Å². The monoisotopic (exact) mass is 306 g/mol. The third kappa shape index (κ3) is 3.29. The fraction of sp³-hybridized carbons (Fsp3) is 0.143. The Balaban J connectivity index is 2.39. The van der Waals surface area contributed by atoms with Crippen molar-refractivity contribution in [1.29, 1.82) is 0 Å². The van der Waals surface area contributed by atoms with Gasteiger partial charge in [-0.1, -0.05) is 18.2 Å². The first-order valence-electron chi connectivity index (χ1n) is 5.67. The summed E-state index contributed by atoms with van der Waals surface area (Å²) in [6.07, 6.45) is -9.10. The van der Waals surface area contributed by atoms with E-state index in [4.69, 9.17) is 0 Å². The summed E-state index contributed by atoms with van der Waals surface area (Å²) in [4.78, 5) is 0. The summed E-state index contributed by atoms with van der Waals surface area (Å²) >= 11 is 0. The van der Waals surface area contributed by atoms with Crippen molar-refractivity contribution >= 4 is 0 Å². The van der Waals surface area contributed by atoms with Crippen LogP contribution in [0.5, 0.6) is 5.75 Å². The van der Waals surface area contributed by atoms with E-state index in [0.717, 1.165) is 36.4 Å². The molecular weight excluding hydrogens is 298 g/mol. The van der Waals surface area contributed by atoms with Gasteiger partial charge >= 0.3 is 12.4 Å². The summed E-state index contributed by atoms with van der Waals surface area (Å²) in [6, 6.07) is 6.08. The maximum Gasteiger partial charge on any atom is 0.416 e. The van der Waals surface area contributed by atoms with Gasteiger partial charge in [0.05, 0.1) is 11.1 Å². The largest absolute Gasteiger partial charge is 0.507 e. The van der Waals surface area contributed by atoms with Crippen LogP contribution in [0.4, 0.5) is 26.3 Å². The maximum absolute atomic E-state index is 12.5. The molecule has 0 aliphatic rings. The Morgan fingerprint density at radius 3 is 1.57 bits per heavy atom. The van der Waals surface area contributed by atoms with Gasteiger partial charge in [0.25, 0.3) is 0 Å². The molecule has 1 nitrogen and oxygen atoms in total. The van der Waals surface area contributed by atoms with Crippen LogP contribution < -0.4 is 0 Å². The molecule has 2 aromatic rings. The zero-order chi connectivity index (χ0) is 15.8. The van der Waals surface area contributed by atoms with E-state index >= 15 is 0 Å². The molecule has 0 fully saturated rings. The normalized spacial score (nSPS) is 12.5. The van der Waals surface area contributed by atoms with Gasteiger partial charge in [-0.3, -0.25) is 0 Å². The fourth-order valence-electron chi connectivity index (χ4n) is 1.79. The standard InChI is InChI=1S/C14H8F6O/c15-13(16,17)9-3-1-8(2-4-9)11-6-5-10(7-12(11)21)14(18,19)20/h1-7,21H. The first kappa shape index (κ1) is 15.2. The molecule has 0 radical (unpaired) electrons. The first-order valence-corrected chi connectivity index (χ1v) is 5.67. The van der Waals surface area contributed by atoms with E-state index in [1.54, 1.807) is 0 Å². The quantitative estimate of drug-likeness (QED) is 0.727. The number of benzene rings is 2. The molecule has 0 aliphatic carbocycles. The minimum Gasteiger partial charge on any atom is -0.507 e. The lowest BCUT2D eigenvalue weighted by Gasteiger charge is -2.11. The van der Waals surface area contributed by atoms with Crippen molar-refractivity contribution in [2.24, 2.45) is 0 Å². The molecule has 2 rings (SSSR count). The van der Waals surface area contributed by atoms with Crippen LogP contribution >= 0.6 is 0 Å². The van der Waals surface area contributed by atoms with Gasteiger partial charge in [-0.2, -0.15) is 26.3 Å². The van der Waals surface area contributed by atoms with Crippen LogP contribution in [-0.2, 0) is 12.4 Å². The minimum absolute atomic E-state index is 0.0247. The third-order valence-corrected chi connectivity index (χ3v) is 2.85. The van der Waals surface area contributed by atoms with Crippen molar-refractivity contribution in [2.45, 2.75) is 12.4 Å². The topological polar surface area (TPSA) is 20.2 Å². The Morgan fingerprint density at radius 2 is 1.14 bits per heavy atom. The van der Waals surface area contributed by atoms with E-state index in [-0.39, 0.29) is 11.1 Å². The van der Waals surface area contributed by atoms with Crippen LogP contribution in [0.2, 0.25) is 0 Å². The van der Waals surface area contributed by atoms with Crippen LogP contribution in [0.3, 0.4) is 0 Å². The Labute approximate surface area is 115 Å². The lowest BCUT2D eigenvalue weighted by Crippen LogP contribution is -2.05.